The molecule has 1 N–H and O–H groups in total. The second-order valence-electron chi connectivity index (χ2n) is 6.01. The number of benzene rings is 1. The molecule has 0 bridgehead atoms. The molecular weight excluding hydrogens is 288 g/mol. The summed E-state index contributed by atoms with van der Waals surface area (Å²) in [5.41, 5.74) is 1.98. The summed E-state index contributed by atoms with van der Waals surface area (Å²) in [5.74, 6) is 0.725. The average Bonchev–Trinajstić information content (AvgIpc) is 2.84. The van der Waals surface area contributed by atoms with Crippen molar-refractivity contribution < 1.29 is 9.26 Å². The highest BCUT2D eigenvalue weighted by Crippen LogP contribution is 2.13. The summed E-state index contributed by atoms with van der Waals surface area (Å²) in [6.45, 7) is 7.92. The zero-order valence-corrected chi connectivity index (χ0v) is 13.4. The van der Waals surface area contributed by atoms with Gasteiger partial charge in [-0.25, -0.2) is 0 Å². The van der Waals surface area contributed by atoms with Crippen LogP contribution in [0.15, 0.2) is 34.9 Å². The van der Waals surface area contributed by atoms with Gasteiger partial charge < -0.3 is 14.6 Å². The summed E-state index contributed by atoms with van der Waals surface area (Å²) in [7, 11) is 0. The Morgan fingerprint density at radius 2 is 2.05 bits per heavy atom. The number of halogens is 1. The highest BCUT2D eigenvalue weighted by atomic mass is 35.5. The lowest BCUT2D eigenvalue weighted by molar-refractivity contribution is 0.0883. The van der Waals surface area contributed by atoms with Gasteiger partial charge in [0.15, 0.2) is 5.76 Å². The van der Waals surface area contributed by atoms with Gasteiger partial charge in [-0.1, -0.05) is 28.9 Å². The highest BCUT2D eigenvalue weighted by Gasteiger charge is 2.11. The number of hydrogen-bond acceptors (Lipinski definition) is 4. The minimum atomic E-state index is 0.0577. The second kappa shape index (κ2) is 7.07. The van der Waals surface area contributed by atoms with Crippen molar-refractivity contribution in [2.45, 2.75) is 46.1 Å². The van der Waals surface area contributed by atoms with Crippen LogP contribution in [0.5, 0.6) is 0 Å². The van der Waals surface area contributed by atoms with Crippen molar-refractivity contribution in [1.29, 1.82) is 0 Å². The van der Waals surface area contributed by atoms with E-state index in [1.807, 2.05) is 30.3 Å². The molecule has 0 aliphatic heterocycles. The smallest absolute Gasteiger partial charge is 0.162 e. The summed E-state index contributed by atoms with van der Waals surface area (Å²) in [5, 5.41) is 8.10. The molecule has 0 spiro atoms. The lowest BCUT2D eigenvalue weighted by atomic mass is 10.1. The van der Waals surface area contributed by atoms with Crippen molar-refractivity contribution in [2.24, 2.45) is 0 Å². The zero-order chi connectivity index (χ0) is 15.3. The fourth-order valence-corrected chi connectivity index (χ4v) is 1.97. The van der Waals surface area contributed by atoms with E-state index in [1.54, 1.807) is 0 Å². The van der Waals surface area contributed by atoms with E-state index in [0.717, 1.165) is 17.0 Å². The van der Waals surface area contributed by atoms with Crippen LogP contribution in [0.25, 0.3) is 0 Å². The van der Waals surface area contributed by atoms with E-state index < -0.39 is 0 Å². The fourth-order valence-electron chi connectivity index (χ4n) is 1.76. The van der Waals surface area contributed by atoms with Gasteiger partial charge in [0.25, 0.3) is 0 Å². The number of rotatable bonds is 6. The van der Waals surface area contributed by atoms with Gasteiger partial charge >= 0.3 is 0 Å². The molecule has 2 rings (SSSR count). The molecule has 0 aliphatic carbocycles. The van der Waals surface area contributed by atoms with Crippen LogP contribution >= 0.6 is 11.6 Å². The van der Waals surface area contributed by atoms with Crippen LogP contribution in [0.2, 0.25) is 5.02 Å². The number of nitrogens with one attached hydrogen (secondary N) is 1. The summed E-state index contributed by atoms with van der Waals surface area (Å²) >= 11 is 5.92. The quantitative estimate of drug-likeness (QED) is 0.878. The van der Waals surface area contributed by atoms with E-state index >= 15 is 0 Å². The molecular formula is C16H21ClN2O2. The van der Waals surface area contributed by atoms with Gasteiger partial charge in [0, 0.05) is 23.2 Å². The van der Waals surface area contributed by atoms with Gasteiger partial charge in [-0.2, -0.15) is 0 Å². The summed E-state index contributed by atoms with van der Waals surface area (Å²) in [6.07, 6.45) is 0. The Morgan fingerprint density at radius 3 is 2.76 bits per heavy atom. The normalized spacial score (nSPS) is 11.8. The molecule has 21 heavy (non-hydrogen) atoms. The maximum Gasteiger partial charge on any atom is 0.162 e. The van der Waals surface area contributed by atoms with E-state index in [-0.39, 0.29) is 5.54 Å². The molecule has 0 aliphatic rings. The summed E-state index contributed by atoms with van der Waals surface area (Å²) in [6, 6.07) is 9.53. The fraction of sp³-hybridized carbons (Fsp3) is 0.438. The molecule has 1 aromatic heterocycles. The number of nitrogens with zero attached hydrogens (tertiary/aromatic N) is 1. The summed E-state index contributed by atoms with van der Waals surface area (Å²) < 4.78 is 10.9. The first kappa shape index (κ1) is 16.0. The molecule has 2 aromatic rings. The van der Waals surface area contributed by atoms with E-state index in [2.05, 4.69) is 31.2 Å². The van der Waals surface area contributed by atoms with Crippen molar-refractivity contribution in [3.05, 3.63) is 52.4 Å². The van der Waals surface area contributed by atoms with Crippen LogP contribution in [-0.4, -0.2) is 10.7 Å². The number of aromatic nitrogens is 1. The first-order valence-electron chi connectivity index (χ1n) is 6.94. The molecule has 5 heteroatoms. The first-order valence-corrected chi connectivity index (χ1v) is 7.32. The maximum atomic E-state index is 5.92. The monoisotopic (exact) mass is 308 g/mol. The highest BCUT2D eigenvalue weighted by molar-refractivity contribution is 6.30. The van der Waals surface area contributed by atoms with Crippen molar-refractivity contribution in [3.63, 3.8) is 0 Å². The molecule has 0 fully saturated rings. The molecule has 4 nitrogen and oxygen atoms in total. The molecule has 0 saturated carbocycles. The van der Waals surface area contributed by atoms with E-state index in [1.165, 1.54) is 0 Å². The van der Waals surface area contributed by atoms with Crippen LogP contribution in [-0.2, 0) is 24.5 Å². The Labute approximate surface area is 130 Å². The number of hydrogen-bond donors (Lipinski definition) is 1. The predicted octanol–water partition coefficient (Wildman–Crippen LogP) is 3.93. The maximum absolute atomic E-state index is 5.92. The lowest BCUT2D eigenvalue weighted by Gasteiger charge is -2.19. The first-order chi connectivity index (χ1) is 9.92. The predicted molar refractivity (Wildman–Crippen MR) is 83.0 cm³/mol. The molecule has 0 unspecified atom stereocenters. The van der Waals surface area contributed by atoms with E-state index in [4.69, 9.17) is 20.9 Å². The Kier molecular flexibility index (Phi) is 5.39. The SMILES string of the molecule is CC(C)(C)NCc1cc(COCc2cccc(Cl)c2)on1. The van der Waals surface area contributed by atoms with Crippen molar-refractivity contribution >= 4 is 11.6 Å². The topological polar surface area (TPSA) is 47.3 Å². The second-order valence-corrected chi connectivity index (χ2v) is 6.45. The Hall–Kier alpha value is -1.36. The summed E-state index contributed by atoms with van der Waals surface area (Å²) in [4.78, 5) is 0. The van der Waals surface area contributed by atoms with Gasteiger partial charge in [0.1, 0.15) is 6.61 Å². The third kappa shape index (κ3) is 5.87. The molecule has 0 atom stereocenters. The largest absolute Gasteiger partial charge is 0.369 e. The van der Waals surface area contributed by atoms with Crippen molar-refractivity contribution in [3.8, 4) is 0 Å². The molecule has 1 heterocycles. The van der Waals surface area contributed by atoms with Gasteiger partial charge in [-0.3, -0.25) is 0 Å². The van der Waals surface area contributed by atoms with Gasteiger partial charge in [-0.15, -0.1) is 0 Å². The van der Waals surface area contributed by atoms with Gasteiger partial charge in [0.2, 0.25) is 0 Å². The molecule has 114 valence electrons. The molecule has 0 saturated heterocycles. The Bertz CT molecular complexity index is 576. The third-order valence-corrected chi connectivity index (χ3v) is 3.04. The Morgan fingerprint density at radius 1 is 1.24 bits per heavy atom. The zero-order valence-electron chi connectivity index (χ0n) is 12.6. The Balaban J connectivity index is 1.78. The van der Waals surface area contributed by atoms with Gasteiger partial charge in [-0.05, 0) is 38.5 Å². The van der Waals surface area contributed by atoms with Crippen molar-refractivity contribution in [1.82, 2.24) is 10.5 Å². The van der Waals surface area contributed by atoms with Gasteiger partial charge in [0.05, 0.1) is 12.3 Å². The third-order valence-electron chi connectivity index (χ3n) is 2.81. The molecule has 1 aromatic carbocycles. The minimum absolute atomic E-state index is 0.0577. The van der Waals surface area contributed by atoms with Crippen LogP contribution in [0, 0.1) is 0 Å². The van der Waals surface area contributed by atoms with E-state index in [9.17, 15) is 0 Å². The van der Waals surface area contributed by atoms with E-state index in [0.29, 0.717) is 24.8 Å². The average molecular weight is 309 g/mol. The van der Waals surface area contributed by atoms with Crippen LogP contribution < -0.4 is 5.32 Å². The minimum Gasteiger partial charge on any atom is -0.369 e. The lowest BCUT2D eigenvalue weighted by Crippen LogP contribution is -2.35. The standard InChI is InChI=1S/C16H21ClN2O2/c1-16(2,3)18-9-14-8-15(21-19-14)11-20-10-12-5-4-6-13(17)7-12/h4-8,18H,9-11H2,1-3H3. The van der Waals surface area contributed by atoms with Crippen LogP contribution in [0.4, 0.5) is 0 Å². The van der Waals surface area contributed by atoms with Crippen molar-refractivity contribution in [2.75, 3.05) is 0 Å². The molecule has 0 radical (unpaired) electrons. The van der Waals surface area contributed by atoms with Crippen LogP contribution in [0.3, 0.4) is 0 Å². The van der Waals surface area contributed by atoms with Crippen LogP contribution in [0.1, 0.15) is 37.8 Å². The number of ether oxygens (including phenoxy) is 1. The molecule has 0 amide bonds.